The highest BCUT2D eigenvalue weighted by Crippen LogP contribution is 2.32. The molecule has 1 atom stereocenters. The lowest BCUT2D eigenvalue weighted by Gasteiger charge is -2.19. The van der Waals surface area contributed by atoms with Crippen molar-refractivity contribution in [3.63, 3.8) is 0 Å². The zero-order chi connectivity index (χ0) is 18.1. The molecule has 4 rings (SSSR count). The number of para-hydroxylation sites is 1. The van der Waals surface area contributed by atoms with Crippen molar-refractivity contribution in [2.24, 2.45) is 5.92 Å². The highest BCUT2D eigenvalue weighted by Gasteiger charge is 2.35. The Bertz CT molecular complexity index is 865. The highest BCUT2D eigenvalue weighted by atomic mass is 16.7. The second kappa shape index (κ2) is 6.71. The number of nitrogens with one attached hydrogen (secondary N) is 1. The molecule has 26 heavy (non-hydrogen) atoms. The molecule has 0 radical (unpaired) electrons. The van der Waals surface area contributed by atoms with Gasteiger partial charge in [0, 0.05) is 25.2 Å². The van der Waals surface area contributed by atoms with Gasteiger partial charge in [-0.1, -0.05) is 24.3 Å². The molecule has 0 bridgehead atoms. The quantitative estimate of drug-likeness (QED) is 0.917. The van der Waals surface area contributed by atoms with Crippen LogP contribution in [-0.4, -0.2) is 25.2 Å². The monoisotopic (exact) mass is 352 g/mol. The van der Waals surface area contributed by atoms with E-state index in [1.54, 1.807) is 4.90 Å². The second-order valence-corrected chi connectivity index (χ2v) is 6.60. The van der Waals surface area contributed by atoms with Gasteiger partial charge in [-0.05, 0) is 36.2 Å². The number of aryl methyl sites for hydroxylation is 1. The van der Waals surface area contributed by atoms with E-state index in [2.05, 4.69) is 5.32 Å². The molecule has 0 aliphatic carbocycles. The van der Waals surface area contributed by atoms with Gasteiger partial charge in [0.15, 0.2) is 11.5 Å². The number of amides is 2. The summed E-state index contributed by atoms with van der Waals surface area (Å²) in [7, 11) is 0. The van der Waals surface area contributed by atoms with Crippen molar-refractivity contribution in [1.29, 1.82) is 0 Å². The topological polar surface area (TPSA) is 67.9 Å². The number of rotatable bonds is 4. The van der Waals surface area contributed by atoms with E-state index < -0.39 is 0 Å². The first kappa shape index (κ1) is 16.4. The molecule has 1 saturated heterocycles. The predicted octanol–water partition coefficient (Wildman–Crippen LogP) is 2.39. The van der Waals surface area contributed by atoms with Crippen molar-refractivity contribution in [1.82, 2.24) is 5.32 Å². The van der Waals surface area contributed by atoms with Crippen LogP contribution in [0, 0.1) is 12.8 Å². The van der Waals surface area contributed by atoms with Gasteiger partial charge in [0.1, 0.15) is 0 Å². The molecule has 2 aromatic rings. The van der Waals surface area contributed by atoms with Crippen molar-refractivity contribution >= 4 is 17.5 Å². The first-order valence-corrected chi connectivity index (χ1v) is 8.64. The number of carbonyl (C=O) groups is 2. The number of benzene rings is 2. The Morgan fingerprint density at radius 2 is 2.00 bits per heavy atom. The van der Waals surface area contributed by atoms with Crippen molar-refractivity contribution in [2.45, 2.75) is 19.9 Å². The Morgan fingerprint density at radius 3 is 2.85 bits per heavy atom. The number of carbonyl (C=O) groups excluding carboxylic acids is 2. The zero-order valence-corrected chi connectivity index (χ0v) is 14.5. The molecular formula is C20H20N2O4. The third-order valence-corrected chi connectivity index (χ3v) is 4.81. The van der Waals surface area contributed by atoms with Gasteiger partial charge in [0.25, 0.3) is 0 Å². The van der Waals surface area contributed by atoms with Crippen LogP contribution >= 0.6 is 0 Å². The third kappa shape index (κ3) is 3.10. The van der Waals surface area contributed by atoms with Crippen LogP contribution in [0.1, 0.15) is 17.5 Å². The van der Waals surface area contributed by atoms with Crippen LogP contribution in [-0.2, 0) is 16.1 Å². The number of ether oxygens (including phenoxy) is 2. The average Bonchev–Trinajstić information content (AvgIpc) is 3.26. The summed E-state index contributed by atoms with van der Waals surface area (Å²) >= 11 is 0. The number of hydrogen-bond acceptors (Lipinski definition) is 4. The maximum Gasteiger partial charge on any atom is 0.231 e. The Kier molecular flexibility index (Phi) is 4.24. The maximum atomic E-state index is 12.5. The Balaban J connectivity index is 1.38. The van der Waals surface area contributed by atoms with E-state index in [4.69, 9.17) is 9.47 Å². The van der Waals surface area contributed by atoms with Crippen molar-refractivity contribution in [2.75, 3.05) is 18.2 Å². The molecule has 2 aliphatic heterocycles. The predicted molar refractivity (Wildman–Crippen MR) is 96.1 cm³/mol. The minimum atomic E-state index is -0.337. The molecule has 0 spiro atoms. The van der Waals surface area contributed by atoms with Crippen LogP contribution in [0.15, 0.2) is 42.5 Å². The molecule has 2 aromatic carbocycles. The normalized spacial score (nSPS) is 18.3. The van der Waals surface area contributed by atoms with E-state index in [0.29, 0.717) is 18.8 Å². The standard InChI is InChI=1S/C20H20N2O4/c1-13-4-2-3-5-16(13)22-11-15(9-19(22)23)20(24)21-10-14-6-7-17-18(8-14)26-12-25-17/h2-8,15H,9-12H2,1H3,(H,21,24). The Labute approximate surface area is 151 Å². The number of nitrogens with zero attached hydrogens (tertiary/aromatic N) is 1. The van der Waals surface area contributed by atoms with E-state index in [-0.39, 0.29) is 30.9 Å². The third-order valence-electron chi connectivity index (χ3n) is 4.81. The lowest BCUT2D eigenvalue weighted by Crippen LogP contribution is -2.32. The fourth-order valence-electron chi connectivity index (χ4n) is 3.37. The number of fused-ring (bicyclic) bond motifs is 1. The molecule has 6 heteroatoms. The van der Waals surface area contributed by atoms with Gasteiger partial charge in [-0.2, -0.15) is 0 Å². The van der Waals surface area contributed by atoms with Gasteiger partial charge >= 0.3 is 0 Å². The molecular weight excluding hydrogens is 332 g/mol. The van der Waals surface area contributed by atoms with E-state index >= 15 is 0 Å². The summed E-state index contributed by atoms with van der Waals surface area (Å²) in [5.74, 6) is 0.958. The summed E-state index contributed by atoms with van der Waals surface area (Å²) in [5.41, 5.74) is 2.84. The van der Waals surface area contributed by atoms with Crippen molar-refractivity contribution in [3.05, 3.63) is 53.6 Å². The summed E-state index contributed by atoms with van der Waals surface area (Å²) in [6.07, 6.45) is 0.237. The SMILES string of the molecule is Cc1ccccc1N1CC(C(=O)NCc2ccc3c(c2)OCO3)CC1=O. The van der Waals surface area contributed by atoms with Crippen LogP contribution < -0.4 is 19.7 Å². The summed E-state index contributed by atoms with van der Waals surface area (Å²) in [6, 6.07) is 13.3. The molecule has 0 saturated carbocycles. The van der Waals surface area contributed by atoms with Gasteiger partial charge < -0.3 is 19.7 Å². The number of anilines is 1. The van der Waals surface area contributed by atoms with Gasteiger partial charge in [-0.3, -0.25) is 9.59 Å². The highest BCUT2D eigenvalue weighted by molar-refractivity contribution is 6.00. The van der Waals surface area contributed by atoms with Crippen LogP contribution in [0.2, 0.25) is 0 Å². The van der Waals surface area contributed by atoms with Gasteiger partial charge in [0.2, 0.25) is 18.6 Å². The van der Waals surface area contributed by atoms with Crippen molar-refractivity contribution in [3.8, 4) is 11.5 Å². The van der Waals surface area contributed by atoms with E-state index in [9.17, 15) is 9.59 Å². The van der Waals surface area contributed by atoms with Crippen LogP contribution in [0.4, 0.5) is 5.69 Å². The minimum Gasteiger partial charge on any atom is -0.454 e. The first-order chi connectivity index (χ1) is 12.6. The zero-order valence-electron chi connectivity index (χ0n) is 14.5. The molecule has 2 heterocycles. The van der Waals surface area contributed by atoms with E-state index in [1.165, 1.54) is 0 Å². The molecule has 6 nitrogen and oxygen atoms in total. The van der Waals surface area contributed by atoms with E-state index in [1.807, 2.05) is 49.4 Å². The smallest absolute Gasteiger partial charge is 0.231 e. The van der Waals surface area contributed by atoms with Crippen LogP contribution in [0.25, 0.3) is 0 Å². The lowest BCUT2D eigenvalue weighted by molar-refractivity contribution is -0.126. The average molecular weight is 352 g/mol. The largest absolute Gasteiger partial charge is 0.454 e. The van der Waals surface area contributed by atoms with E-state index in [0.717, 1.165) is 22.6 Å². The molecule has 1 N–H and O–H groups in total. The summed E-state index contributed by atoms with van der Waals surface area (Å²) in [6.45, 7) is 3.00. The summed E-state index contributed by atoms with van der Waals surface area (Å²) in [5, 5.41) is 2.93. The fraction of sp³-hybridized carbons (Fsp3) is 0.300. The molecule has 1 fully saturated rings. The van der Waals surface area contributed by atoms with Gasteiger partial charge in [0.05, 0.1) is 5.92 Å². The Hall–Kier alpha value is -3.02. The summed E-state index contributed by atoms with van der Waals surface area (Å²) in [4.78, 5) is 26.6. The fourth-order valence-corrected chi connectivity index (χ4v) is 3.37. The molecule has 134 valence electrons. The minimum absolute atomic E-state index is 0.0115. The van der Waals surface area contributed by atoms with Crippen molar-refractivity contribution < 1.29 is 19.1 Å². The summed E-state index contributed by atoms with van der Waals surface area (Å²) < 4.78 is 10.6. The lowest BCUT2D eigenvalue weighted by atomic mass is 10.1. The Morgan fingerprint density at radius 1 is 1.19 bits per heavy atom. The van der Waals surface area contributed by atoms with Crippen LogP contribution in [0.3, 0.4) is 0 Å². The van der Waals surface area contributed by atoms with Gasteiger partial charge in [-0.25, -0.2) is 0 Å². The van der Waals surface area contributed by atoms with Gasteiger partial charge in [-0.15, -0.1) is 0 Å². The molecule has 0 aromatic heterocycles. The maximum absolute atomic E-state index is 12.5. The molecule has 2 amide bonds. The van der Waals surface area contributed by atoms with Crippen LogP contribution in [0.5, 0.6) is 11.5 Å². The molecule has 1 unspecified atom stereocenters. The molecule has 2 aliphatic rings. The number of hydrogen-bond donors (Lipinski definition) is 1. The first-order valence-electron chi connectivity index (χ1n) is 8.64. The second-order valence-electron chi connectivity index (χ2n) is 6.60.